The van der Waals surface area contributed by atoms with Crippen LogP contribution in [0.3, 0.4) is 0 Å². The maximum atomic E-state index is 3.58. The molecule has 0 amide bonds. The predicted octanol–water partition coefficient (Wildman–Crippen LogP) is 1.84. The first kappa shape index (κ1) is 7.23. The summed E-state index contributed by atoms with van der Waals surface area (Å²) in [6, 6.07) is 0. The van der Waals surface area contributed by atoms with Crippen molar-refractivity contribution in [2.75, 3.05) is 0 Å². The van der Waals surface area contributed by atoms with Crippen LogP contribution in [0.5, 0.6) is 0 Å². The molecule has 0 bridgehead atoms. The summed E-state index contributed by atoms with van der Waals surface area (Å²) in [5, 5.41) is 0. The fourth-order valence-electron chi connectivity index (χ4n) is 0.260. The average molecular weight is 113 g/mol. The van der Waals surface area contributed by atoms with Gasteiger partial charge in [0.2, 0.25) is 0 Å². The molecule has 7 heavy (non-hydrogen) atoms. The Labute approximate surface area is 48.4 Å². The summed E-state index contributed by atoms with van der Waals surface area (Å²) in [4.78, 5) is 0. The summed E-state index contributed by atoms with van der Waals surface area (Å²) < 4.78 is 0. The zero-order valence-electron chi connectivity index (χ0n) is 4.94. The maximum Gasteiger partial charge on any atom is 0.171 e. The van der Waals surface area contributed by atoms with E-state index in [9.17, 15) is 0 Å². The molecule has 39 valence electrons. The lowest BCUT2D eigenvalue weighted by molar-refractivity contribution is 1.11. The van der Waals surface area contributed by atoms with Gasteiger partial charge in [0.05, 0.1) is 0 Å². The highest BCUT2D eigenvalue weighted by Crippen LogP contribution is 2.13. The minimum absolute atomic E-state index is 0.804. The zero-order valence-corrected chi connectivity index (χ0v) is 5.94. The molecule has 0 aromatic heterocycles. The van der Waals surface area contributed by atoms with Gasteiger partial charge in [-0.3, -0.25) is 0 Å². The Morgan fingerprint density at radius 3 is 2.43 bits per heavy atom. The molecule has 0 aromatic carbocycles. The van der Waals surface area contributed by atoms with E-state index in [1.54, 1.807) is 0 Å². The molecule has 0 N–H and O–H groups in total. The van der Waals surface area contributed by atoms with Gasteiger partial charge in [-0.25, -0.2) is 0 Å². The van der Waals surface area contributed by atoms with Gasteiger partial charge in [0.25, 0.3) is 0 Å². The first-order valence-corrected chi connectivity index (χ1v) is 3.63. The second-order valence-electron chi connectivity index (χ2n) is 1.72. The smallest absolute Gasteiger partial charge is 0.155 e. The number of hydrogen-bond acceptors (Lipinski definition) is 0. The number of hydrogen-bond donors (Lipinski definition) is 0. The Bertz CT molecular complexity index is 52.0. The molecule has 0 heterocycles. The minimum atomic E-state index is 0.804. The number of rotatable bonds is 3. The fraction of sp³-hybridized carbons (Fsp3) is 0.600. The van der Waals surface area contributed by atoms with Crippen LogP contribution >= 0.6 is 8.46 Å². The van der Waals surface area contributed by atoms with Gasteiger partial charge >= 0.3 is 0 Å². The molecule has 1 atom stereocenters. The molecule has 1 radical (unpaired) electrons. The molecule has 0 spiro atoms. The van der Waals surface area contributed by atoms with Gasteiger partial charge in [-0.15, -0.1) is 12.6 Å². The van der Waals surface area contributed by atoms with E-state index < -0.39 is 0 Å². The van der Waals surface area contributed by atoms with Crippen LogP contribution in [0.15, 0.2) is 12.6 Å². The molecule has 0 saturated heterocycles. The van der Waals surface area contributed by atoms with Gasteiger partial charge in [-0.1, -0.05) is 13.8 Å². The lowest BCUT2D eigenvalue weighted by atomic mass is 10.1. The molecular formula is C5H11BP. The Morgan fingerprint density at radius 1 is 1.71 bits per heavy atom. The van der Waals surface area contributed by atoms with Crippen LogP contribution in [0.4, 0.5) is 0 Å². The van der Waals surface area contributed by atoms with Crippen molar-refractivity contribution >= 4 is 15.5 Å². The lowest BCUT2D eigenvalue weighted by Gasteiger charge is -1.96. The molecule has 1 unspecified atom stereocenters. The van der Waals surface area contributed by atoms with Crippen molar-refractivity contribution in [2.24, 2.45) is 0 Å². The molecule has 0 aromatic rings. The monoisotopic (exact) mass is 113 g/mol. The molecule has 0 fully saturated rings. The third-order valence-electron chi connectivity index (χ3n) is 0.547. The van der Waals surface area contributed by atoms with Crippen LogP contribution in [0.2, 0.25) is 0 Å². The Balaban J connectivity index is 2.81. The van der Waals surface area contributed by atoms with Crippen LogP contribution in [0, 0.1) is 0 Å². The third-order valence-corrected chi connectivity index (χ3v) is 1.64. The second kappa shape index (κ2) is 4.40. The highest BCUT2D eigenvalue weighted by molar-refractivity contribution is 7.72. The molecular weight excluding hydrogens is 102 g/mol. The highest BCUT2D eigenvalue weighted by Gasteiger charge is 1.88. The molecule has 0 aliphatic heterocycles. The van der Waals surface area contributed by atoms with E-state index in [4.69, 9.17) is 0 Å². The van der Waals surface area contributed by atoms with E-state index in [0.717, 1.165) is 14.1 Å². The first-order chi connectivity index (χ1) is 3.27. The lowest BCUT2D eigenvalue weighted by Crippen LogP contribution is -1.84. The van der Waals surface area contributed by atoms with Crippen molar-refractivity contribution in [1.29, 1.82) is 0 Å². The second-order valence-corrected chi connectivity index (χ2v) is 3.55. The van der Waals surface area contributed by atoms with Gasteiger partial charge in [-0.2, -0.15) is 8.46 Å². The minimum Gasteiger partial charge on any atom is -0.155 e. The van der Waals surface area contributed by atoms with Gasteiger partial charge in [0.15, 0.2) is 7.00 Å². The van der Waals surface area contributed by atoms with Crippen LogP contribution in [0.25, 0.3) is 0 Å². The summed E-state index contributed by atoms with van der Waals surface area (Å²) in [5.41, 5.74) is 0.804. The van der Waals surface area contributed by atoms with E-state index in [2.05, 4.69) is 27.4 Å². The predicted molar refractivity (Wildman–Crippen MR) is 39.4 cm³/mol. The van der Waals surface area contributed by atoms with E-state index in [0.29, 0.717) is 0 Å². The summed E-state index contributed by atoms with van der Waals surface area (Å²) >= 11 is 0. The van der Waals surface area contributed by atoms with Gasteiger partial charge in [0, 0.05) is 0 Å². The van der Waals surface area contributed by atoms with Crippen molar-refractivity contribution in [3.05, 3.63) is 12.6 Å². The van der Waals surface area contributed by atoms with Crippen molar-refractivity contribution in [1.82, 2.24) is 0 Å². The normalized spacial score (nSPS) is 10.7. The molecule has 0 nitrogen and oxygen atoms in total. The fourth-order valence-corrected chi connectivity index (χ4v) is 0.781. The van der Waals surface area contributed by atoms with Crippen molar-refractivity contribution in [2.45, 2.75) is 19.5 Å². The third kappa shape index (κ3) is 6.23. The highest BCUT2D eigenvalue weighted by atomic mass is 31.1. The van der Waals surface area contributed by atoms with Gasteiger partial charge in [0.1, 0.15) is 0 Å². The van der Waals surface area contributed by atoms with E-state index >= 15 is 0 Å². The van der Waals surface area contributed by atoms with Gasteiger partial charge in [-0.05, 0) is 5.66 Å². The quantitative estimate of drug-likeness (QED) is 0.386. The van der Waals surface area contributed by atoms with Crippen LogP contribution in [0.1, 0.15) is 13.8 Å². The van der Waals surface area contributed by atoms with E-state index in [1.165, 1.54) is 0 Å². The van der Waals surface area contributed by atoms with Gasteiger partial charge < -0.3 is 0 Å². The molecule has 0 saturated carbocycles. The van der Waals surface area contributed by atoms with Crippen molar-refractivity contribution < 1.29 is 0 Å². The Morgan fingerprint density at radius 2 is 2.29 bits per heavy atom. The topological polar surface area (TPSA) is 0 Å². The Kier molecular flexibility index (Phi) is 4.54. The summed E-state index contributed by atoms with van der Waals surface area (Å²) in [5.74, 6) is 1.86. The standard InChI is InChI=1S/C5H11BP/c1-4-6-7-5(2)3/h4-5,7H,1H2,2-3H3. The van der Waals surface area contributed by atoms with Crippen molar-refractivity contribution in [3.63, 3.8) is 0 Å². The Hall–Kier alpha value is 0.235. The molecule has 0 aliphatic carbocycles. The SMILES string of the molecule is C=C[B]PC(C)C. The molecule has 0 rings (SSSR count). The van der Waals surface area contributed by atoms with Crippen molar-refractivity contribution in [3.8, 4) is 0 Å². The summed E-state index contributed by atoms with van der Waals surface area (Å²) in [6.07, 6.45) is 0. The average Bonchev–Trinajstić information content (AvgIpc) is 1.61. The van der Waals surface area contributed by atoms with Crippen LogP contribution in [-0.4, -0.2) is 12.7 Å². The zero-order chi connectivity index (χ0) is 5.70. The maximum absolute atomic E-state index is 3.58. The van der Waals surface area contributed by atoms with E-state index in [1.807, 2.05) is 5.98 Å². The first-order valence-electron chi connectivity index (χ1n) is 2.47. The molecule has 0 aliphatic rings. The van der Waals surface area contributed by atoms with Crippen LogP contribution in [-0.2, 0) is 0 Å². The largest absolute Gasteiger partial charge is 0.171 e. The summed E-state index contributed by atoms with van der Waals surface area (Å²) in [7, 11) is 0.946. The van der Waals surface area contributed by atoms with Crippen LogP contribution < -0.4 is 0 Å². The van der Waals surface area contributed by atoms with E-state index in [-0.39, 0.29) is 0 Å². The summed E-state index contributed by atoms with van der Waals surface area (Å²) in [6.45, 7) is 10.1. The molecule has 2 heteroatoms.